The van der Waals surface area contributed by atoms with Crippen LogP contribution in [0, 0.1) is 18.6 Å². The summed E-state index contributed by atoms with van der Waals surface area (Å²) in [7, 11) is 0. The molecule has 9 heteroatoms. The van der Waals surface area contributed by atoms with E-state index in [9.17, 15) is 18.7 Å². The zero-order valence-electron chi connectivity index (χ0n) is 22.1. The van der Waals surface area contributed by atoms with Gasteiger partial charge in [0.2, 0.25) is 0 Å². The summed E-state index contributed by atoms with van der Waals surface area (Å²) in [6, 6.07) is 9.93. The fourth-order valence-electron chi connectivity index (χ4n) is 5.08. The molecule has 2 aromatic carbocycles. The van der Waals surface area contributed by atoms with Crippen molar-refractivity contribution in [3.05, 3.63) is 81.6 Å². The number of aliphatic carboxylic acids is 1. The maximum Gasteiger partial charge on any atom is 0.337 e. The van der Waals surface area contributed by atoms with Crippen molar-refractivity contribution in [2.45, 2.75) is 58.8 Å². The molecule has 1 aliphatic rings. The van der Waals surface area contributed by atoms with Crippen molar-refractivity contribution in [1.82, 2.24) is 9.55 Å². The molecule has 0 saturated heterocycles. The van der Waals surface area contributed by atoms with Gasteiger partial charge in [-0.15, -0.1) is 0 Å². The predicted molar refractivity (Wildman–Crippen MR) is 145 cm³/mol. The Morgan fingerprint density at radius 1 is 1.23 bits per heavy atom. The van der Waals surface area contributed by atoms with Gasteiger partial charge in [0, 0.05) is 39.0 Å². The minimum atomic E-state index is -1.29. The second-order valence-electron chi connectivity index (χ2n) is 10.7. The SMILES string of the molecule is Cc1nc2c(ccn2Cc2c(Cl)ccc(F)c2F)c(-c2ccc3c(c2)CCCO3)c1C(OC(C)(C)C)C(=O)O. The molecule has 1 aliphatic heterocycles. The first-order valence-electron chi connectivity index (χ1n) is 12.7. The van der Waals surface area contributed by atoms with Crippen LogP contribution in [0.3, 0.4) is 0 Å². The van der Waals surface area contributed by atoms with Crippen LogP contribution in [0.15, 0.2) is 42.6 Å². The molecular formula is C30H29ClF2N2O4. The lowest BCUT2D eigenvalue weighted by Crippen LogP contribution is -2.28. The van der Waals surface area contributed by atoms with Crippen molar-refractivity contribution in [1.29, 1.82) is 0 Å². The molecule has 5 rings (SSSR count). The number of aryl methyl sites for hydroxylation is 2. The number of fused-ring (bicyclic) bond motifs is 2. The summed E-state index contributed by atoms with van der Waals surface area (Å²) in [4.78, 5) is 17.3. The summed E-state index contributed by atoms with van der Waals surface area (Å²) in [6.45, 7) is 7.72. The van der Waals surface area contributed by atoms with Crippen LogP contribution < -0.4 is 4.74 Å². The summed E-state index contributed by atoms with van der Waals surface area (Å²) in [5.41, 5.74) is 3.12. The van der Waals surface area contributed by atoms with Gasteiger partial charge in [0.1, 0.15) is 11.4 Å². The standard InChI is InChI=1S/C30H29ClF2N2O4/c1-16-24(27(29(36)37)39-30(2,3)4)25(18-7-10-23-17(14-18)6-5-13-38-23)19-11-12-35(28(19)34-16)15-20-21(31)8-9-22(32)26(20)33/h7-12,14,27H,5-6,13,15H2,1-4H3,(H,36,37). The van der Waals surface area contributed by atoms with E-state index in [-0.39, 0.29) is 17.1 Å². The number of carboxylic acid groups (broad SMARTS) is 1. The van der Waals surface area contributed by atoms with Crippen LogP contribution in [-0.2, 0) is 22.5 Å². The van der Waals surface area contributed by atoms with Gasteiger partial charge in [-0.1, -0.05) is 17.7 Å². The van der Waals surface area contributed by atoms with E-state index < -0.39 is 29.3 Å². The highest BCUT2D eigenvalue weighted by Gasteiger charge is 2.33. The summed E-state index contributed by atoms with van der Waals surface area (Å²) in [6.07, 6.45) is 2.15. The number of nitrogens with zero attached hydrogens (tertiary/aromatic N) is 2. The van der Waals surface area contributed by atoms with E-state index in [4.69, 9.17) is 26.1 Å². The summed E-state index contributed by atoms with van der Waals surface area (Å²) >= 11 is 6.22. The van der Waals surface area contributed by atoms with Crippen molar-refractivity contribution in [2.75, 3.05) is 6.61 Å². The Morgan fingerprint density at radius 2 is 2.00 bits per heavy atom. The number of carbonyl (C=O) groups is 1. The third kappa shape index (κ3) is 5.23. The quantitative estimate of drug-likeness (QED) is 0.254. The van der Waals surface area contributed by atoms with Crippen molar-refractivity contribution >= 4 is 28.6 Å². The molecule has 1 atom stereocenters. The summed E-state index contributed by atoms with van der Waals surface area (Å²) < 4.78 is 42.2. The Morgan fingerprint density at radius 3 is 2.72 bits per heavy atom. The number of pyridine rings is 1. The Bertz CT molecular complexity index is 1590. The Labute approximate surface area is 230 Å². The Balaban J connectivity index is 1.76. The van der Waals surface area contributed by atoms with Gasteiger partial charge in [-0.05, 0) is 82.0 Å². The number of aromatic nitrogens is 2. The fraction of sp³-hybridized carbons (Fsp3) is 0.333. The average molecular weight is 555 g/mol. The smallest absolute Gasteiger partial charge is 0.337 e. The topological polar surface area (TPSA) is 73.6 Å². The normalized spacial score (nSPS) is 14.2. The predicted octanol–water partition coefficient (Wildman–Crippen LogP) is 7.26. The van der Waals surface area contributed by atoms with Crippen LogP contribution in [0.4, 0.5) is 8.78 Å². The molecule has 2 aromatic heterocycles. The number of ether oxygens (including phenoxy) is 2. The van der Waals surface area contributed by atoms with E-state index in [0.717, 1.165) is 35.8 Å². The van der Waals surface area contributed by atoms with Crippen molar-refractivity contribution in [2.24, 2.45) is 0 Å². The zero-order valence-corrected chi connectivity index (χ0v) is 22.9. The molecule has 0 saturated carbocycles. The van der Waals surface area contributed by atoms with E-state index in [2.05, 4.69) is 0 Å². The largest absolute Gasteiger partial charge is 0.493 e. The number of hydrogen-bond donors (Lipinski definition) is 1. The van der Waals surface area contributed by atoms with Crippen LogP contribution in [-0.4, -0.2) is 32.8 Å². The van der Waals surface area contributed by atoms with Gasteiger partial charge in [-0.25, -0.2) is 18.6 Å². The van der Waals surface area contributed by atoms with Gasteiger partial charge in [0.05, 0.1) is 18.8 Å². The Kier molecular flexibility index (Phi) is 7.11. The van der Waals surface area contributed by atoms with Gasteiger partial charge >= 0.3 is 5.97 Å². The molecule has 0 fully saturated rings. The number of carboxylic acids is 1. The minimum absolute atomic E-state index is 0.00431. The van der Waals surface area contributed by atoms with Crippen molar-refractivity contribution in [3.63, 3.8) is 0 Å². The van der Waals surface area contributed by atoms with Gasteiger partial charge in [-0.2, -0.15) is 0 Å². The number of benzene rings is 2. The highest BCUT2D eigenvalue weighted by molar-refractivity contribution is 6.31. The van der Waals surface area contributed by atoms with Crippen LogP contribution in [0.1, 0.15) is 55.7 Å². The average Bonchev–Trinajstić information content (AvgIpc) is 3.27. The first kappa shape index (κ1) is 27.1. The molecule has 0 amide bonds. The van der Waals surface area contributed by atoms with Crippen molar-refractivity contribution < 1.29 is 28.2 Å². The molecule has 4 aromatic rings. The van der Waals surface area contributed by atoms with E-state index in [1.54, 1.807) is 44.5 Å². The number of hydrogen-bond acceptors (Lipinski definition) is 4. The van der Waals surface area contributed by atoms with Crippen LogP contribution in [0.25, 0.3) is 22.2 Å². The van der Waals surface area contributed by atoms with Gasteiger partial charge < -0.3 is 19.1 Å². The van der Waals surface area contributed by atoms with E-state index in [0.29, 0.717) is 34.5 Å². The minimum Gasteiger partial charge on any atom is -0.493 e. The second-order valence-corrected chi connectivity index (χ2v) is 11.1. The van der Waals surface area contributed by atoms with Crippen LogP contribution in [0.2, 0.25) is 5.02 Å². The number of halogens is 3. The fourth-order valence-corrected chi connectivity index (χ4v) is 5.28. The molecule has 0 aliphatic carbocycles. The molecule has 39 heavy (non-hydrogen) atoms. The lowest BCUT2D eigenvalue weighted by Gasteiger charge is -2.28. The highest BCUT2D eigenvalue weighted by Crippen LogP contribution is 2.41. The molecule has 6 nitrogen and oxygen atoms in total. The lowest BCUT2D eigenvalue weighted by atomic mass is 9.90. The first-order valence-corrected chi connectivity index (χ1v) is 13.1. The molecule has 0 bridgehead atoms. The molecule has 3 heterocycles. The zero-order chi connectivity index (χ0) is 28.1. The van der Waals surface area contributed by atoms with Crippen molar-refractivity contribution in [3.8, 4) is 16.9 Å². The molecule has 0 spiro atoms. The third-order valence-corrected chi connectivity index (χ3v) is 7.11. The molecule has 1 unspecified atom stereocenters. The molecule has 204 valence electrons. The molecule has 1 N–H and O–H groups in total. The summed E-state index contributed by atoms with van der Waals surface area (Å²) in [5.74, 6) is -2.33. The maximum absolute atomic E-state index is 14.7. The lowest BCUT2D eigenvalue weighted by molar-refractivity contribution is -0.160. The van der Waals surface area contributed by atoms with Crippen LogP contribution in [0.5, 0.6) is 5.75 Å². The monoisotopic (exact) mass is 554 g/mol. The van der Waals surface area contributed by atoms with Gasteiger partial charge in [0.15, 0.2) is 17.7 Å². The highest BCUT2D eigenvalue weighted by atomic mass is 35.5. The van der Waals surface area contributed by atoms with E-state index in [1.807, 2.05) is 18.2 Å². The van der Waals surface area contributed by atoms with Gasteiger partial charge in [0.25, 0.3) is 0 Å². The van der Waals surface area contributed by atoms with E-state index in [1.165, 1.54) is 6.07 Å². The second kappa shape index (κ2) is 10.2. The van der Waals surface area contributed by atoms with E-state index >= 15 is 0 Å². The molecular weight excluding hydrogens is 526 g/mol. The maximum atomic E-state index is 14.7. The molecule has 0 radical (unpaired) electrons. The number of rotatable bonds is 6. The van der Waals surface area contributed by atoms with Gasteiger partial charge in [-0.3, -0.25) is 0 Å². The summed E-state index contributed by atoms with van der Waals surface area (Å²) in [5, 5.41) is 11.0. The Hall–Kier alpha value is -3.49. The van der Waals surface area contributed by atoms with Crippen LogP contribution >= 0.6 is 11.6 Å². The first-order chi connectivity index (χ1) is 18.4. The third-order valence-electron chi connectivity index (χ3n) is 6.76.